The molecule has 4 N–H and O–H groups in total. The second-order valence-corrected chi connectivity index (χ2v) is 10.6. The summed E-state index contributed by atoms with van der Waals surface area (Å²) in [7, 11) is 0. The van der Waals surface area contributed by atoms with Gasteiger partial charge in [-0.05, 0) is 92.4 Å². The van der Waals surface area contributed by atoms with Crippen LogP contribution < -0.4 is 30.4 Å². The van der Waals surface area contributed by atoms with Gasteiger partial charge in [0.1, 0.15) is 11.5 Å². The zero-order chi connectivity index (χ0) is 32.3. The van der Waals surface area contributed by atoms with Gasteiger partial charge in [-0.1, -0.05) is 45.1 Å². The summed E-state index contributed by atoms with van der Waals surface area (Å²) in [6.45, 7) is 6.13. The van der Waals surface area contributed by atoms with Crippen LogP contribution >= 0.6 is 0 Å². The van der Waals surface area contributed by atoms with Gasteiger partial charge in [-0.2, -0.15) is 0 Å². The number of anilines is 2. The number of hydrogen-bond donors (Lipinski definition) is 2. The Hall–Kier alpha value is -4.66. The molecular formula is C36H46N2O7. The molecule has 242 valence electrons. The number of benzene rings is 3. The van der Waals surface area contributed by atoms with E-state index in [1.54, 1.807) is 48.5 Å². The van der Waals surface area contributed by atoms with E-state index in [0.717, 1.165) is 62.7 Å². The van der Waals surface area contributed by atoms with E-state index in [2.05, 4.69) is 6.92 Å². The van der Waals surface area contributed by atoms with Gasteiger partial charge in [-0.3, -0.25) is 0 Å². The average Bonchev–Trinajstić information content (AvgIpc) is 3.02. The van der Waals surface area contributed by atoms with Crippen LogP contribution in [-0.4, -0.2) is 38.4 Å². The number of ether oxygens (including phenoxy) is 5. The number of nitrogen functional groups attached to an aromatic ring is 2. The molecule has 45 heavy (non-hydrogen) atoms. The fourth-order valence-corrected chi connectivity index (χ4v) is 4.44. The van der Waals surface area contributed by atoms with Crippen molar-refractivity contribution < 1.29 is 33.3 Å². The number of nitrogens with two attached hydrogens (primary N) is 2. The van der Waals surface area contributed by atoms with E-state index in [0.29, 0.717) is 60.6 Å². The summed E-state index contributed by atoms with van der Waals surface area (Å²) in [6.07, 6.45) is 11.0. The molecule has 0 amide bonds. The van der Waals surface area contributed by atoms with Gasteiger partial charge in [-0.25, -0.2) is 9.59 Å². The molecule has 0 fully saturated rings. The van der Waals surface area contributed by atoms with E-state index in [9.17, 15) is 9.59 Å². The molecule has 0 aromatic heterocycles. The Morgan fingerprint density at radius 3 is 2.02 bits per heavy atom. The number of esters is 2. The highest BCUT2D eigenvalue weighted by molar-refractivity contribution is 5.91. The number of hydrogen-bond acceptors (Lipinski definition) is 9. The number of rotatable bonds is 20. The lowest BCUT2D eigenvalue weighted by Crippen LogP contribution is -2.08. The molecule has 0 saturated carbocycles. The first-order valence-electron chi connectivity index (χ1n) is 15.7. The summed E-state index contributed by atoms with van der Waals surface area (Å²) in [6, 6.07) is 17.3. The molecule has 3 aromatic rings. The molecule has 0 saturated heterocycles. The van der Waals surface area contributed by atoms with E-state index in [1.807, 2.05) is 25.1 Å². The van der Waals surface area contributed by atoms with Crippen molar-refractivity contribution in [1.82, 2.24) is 0 Å². The van der Waals surface area contributed by atoms with Crippen molar-refractivity contribution in [2.24, 2.45) is 0 Å². The molecule has 0 aliphatic rings. The number of carbonyl (C=O) groups is 2. The van der Waals surface area contributed by atoms with Crippen molar-refractivity contribution in [1.29, 1.82) is 0 Å². The Bertz CT molecular complexity index is 1350. The quantitative estimate of drug-likeness (QED) is 0.0431. The normalized spacial score (nSPS) is 10.9. The molecule has 0 aliphatic carbocycles. The largest absolute Gasteiger partial charge is 0.494 e. The van der Waals surface area contributed by atoms with Gasteiger partial charge in [0.25, 0.3) is 0 Å². The van der Waals surface area contributed by atoms with Crippen LogP contribution in [0.5, 0.6) is 23.0 Å². The Labute approximate surface area is 266 Å². The lowest BCUT2D eigenvalue weighted by Gasteiger charge is -2.12. The van der Waals surface area contributed by atoms with E-state index in [-0.39, 0.29) is 0 Å². The maximum atomic E-state index is 12.4. The summed E-state index contributed by atoms with van der Waals surface area (Å²) in [5.41, 5.74) is 13.5. The molecule has 0 spiro atoms. The molecular weight excluding hydrogens is 572 g/mol. The SMILES string of the molecule is CCCCCOc1ccc(OC(=O)C=Cc2ccc(OCCCCCCCOC(=O)c3cc(N)cc(N)c3)c(OCC)c2)cc1. The topological polar surface area (TPSA) is 132 Å². The first-order valence-corrected chi connectivity index (χ1v) is 15.7. The second-order valence-electron chi connectivity index (χ2n) is 10.6. The first kappa shape index (κ1) is 34.8. The summed E-state index contributed by atoms with van der Waals surface area (Å²) < 4.78 is 28.2. The minimum Gasteiger partial charge on any atom is -0.494 e. The smallest absolute Gasteiger partial charge is 0.338 e. The van der Waals surface area contributed by atoms with Gasteiger partial charge in [0.05, 0.1) is 32.0 Å². The van der Waals surface area contributed by atoms with E-state index >= 15 is 0 Å². The summed E-state index contributed by atoms with van der Waals surface area (Å²) in [5.74, 6) is 1.58. The highest BCUT2D eigenvalue weighted by Crippen LogP contribution is 2.29. The van der Waals surface area contributed by atoms with Crippen LogP contribution in [0.2, 0.25) is 0 Å². The van der Waals surface area contributed by atoms with Crippen molar-refractivity contribution in [2.75, 3.05) is 37.9 Å². The molecule has 0 atom stereocenters. The Balaban J connectivity index is 1.34. The third-order valence-electron chi connectivity index (χ3n) is 6.73. The molecule has 9 heteroatoms. The maximum Gasteiger partial charge on any atom is 0.338 e. The van der Waals surface area contributed by atoms with Crippen LogP contribution in [0.4, 0.5) is 11.4 Å². The number of carbonyl (C=O) groups excluding carboxylic acids is 2. The second kappa shape index (κ2) is 19.6. The van der Waals surface area contributed by atoms with Crippen LogP contribution in [0.15, 0.2) is 66.7 Å². The fraction of sp³-hybridized carbons (Fsp3) is 0.389. The maximum absolute atomic E-state index is 12.4. The molecule has 0 unspecified atom stereocenters. The highest BCUT2D eigenvalue weighted by Gasteiger charge is 2.09. The third-order valence-corrected chi connectivity index (χ3v) is 6.73. The minimum atomic E-state index is -0.477. The predicted molar refractivity (Wildman–Crippen MR) is 178 cm³/mol. The van der Waals surface area contributed by atoms with Crippen molar-refractivity contribution in [3.05, 3.63) is 77.9 Å². The van der Waals surface area contributed by atoms with Crippen LogP contribution in [0, 0.1) is 0 Å². The molecule has 0 bridgehead atoms. The van der Waals surface area contributed by atoms with Gasteiger partial charge in [0.15, 0.2) is 11.5 Å². The van der Waals surface area contributed by atoms with Gasteiger partial charge in [0, 0.05) is 17.5 Å². The van der Waals surface area contributed by atoms with Gasteiger partial charge in [0.2, 0.25) is 0 Å². The van der Waals surface area contributed by atoms with E-state index < -0.39 is 11.9 Å². The summed E-state index contributed by atoms with van der Waals surface area (Å²) in [5, 5.41) is 0. The molecule has 3 rings (SSSR count). The number of unbranched alkanes of at least 4 members (excludes halogenated alkanes) is 6. The van der Waals surface area contributed by atoms with E-state index in [1.165, 1.54) is 6.08 Å². The predicted octanol–water partition coefficient (Wildman–Crippen LogP) is 7.62. The molecule has 3 aromatic carbocycles. The zero-order valence-electron chi connectivity index (χ0n) is 26.4. The Kier molecular flexibility index (Phi) is 15.2. The van der Waals surface area contributed by atoms with Gasteiger partial charge < -0.3 is 35.2 Å². The third kappa shape index (κ3) is 13.3. The lowest BCUT2D eigenvalue weighted by molar-refractivity contribution is -0.128. The van der Waals surface area contributed by atoms with Gasteiger partial charge in [-0.15, -0.1) is 0 Å². The van der Waals surface area contributed by atoms with Gasteiger partial charge >= 0.3 is 11.9 Å². The molecule has 0 aliphatic heterocycles. The first-order chi connectivity index (χ1) is 21.9. The molecule has 0 radical (unpaired) electrons. The lowest BCUT2D eigenvalue weighted by atomic mass is 10.1. The van der Waals surface area contributed by atoms with Crippen LogP contribution in [0.3, 0.4) is 0 Å². The minimum absolute atomic E-state index is 0.349. The fourth-order valence-electron chi connectivity index (χ4n) is 4.44. The van der Waals surface area contributed by atoms with Crippen molar-refractivity contribution in [3.63, 3.8) is 0 Å². The van der Waals surface area contributed by atoms with Crippen molar-refractivity contribution >= 4 is 29.4 Å². The molecule has 9 nitrogen and oxygen atoms in total. The van der Waals surface area contributed by atoms with E-state index in [4.69, 9.17) is 35.2 Å². The van der Waals surface area contributed by atoms with Crippen LogP contribution in [0.1, 0.15) is 81.1 Å². The monoisotopic (exact) mass is 618 g/mol. The Morgan fingerprint density at radius 1 is 0.667 bits per heavy atom. The average molecular weight is 619 g/mol. The Morgan fingerprint density at radius 2 is 1.31 bits per heavy atom. The highest BCUT2D eigenvalue weighted by atomic mass is 16.5. The zero-order valence-corrected chi connectivity index (χ0v) is 26.4. The molecule has 0 heterocycles. The summed E-state index contributed by atoms with van der Waals surface area (Å²) >= 11 is 0. The summed E-state index contributed by atoms with van der Waals surface area (Å²) in [4.78, 5) is 24.5. The van der Waals surface area contributed by atoms with Crippen LogP contribution in [0.25, 0.3) is 6.08 Å². The van der Waals surface area contributed by atoms with Crippen molar-refractivity contribution in [3.8, 4) is 23.0 Å². The van der Waals surface area contributed by atoms with Crippen molar-refractivity contribution in [2.45, 2.75) is 65.2 Å². The standard InChI is InChI=1S/C36H46N2O7/c1-3-5-9-20-42-31-14-16-32(17-15-31)45-35(39)19-13-27-12-18-33(34(23-27)41-4-2)43-21-10-7-6-8-11-22-44-36(40)28-24-29(37)26-30(38)25-28/h12-19,23-26H,3-11,20-22,37-38H2,1-2H3. The van der Waals surface area contributed by atoms with Crippen LogP contribution in [-0.2, 0) is 9.53 Å².